The highest BCUT2D eigenvalue weighted by atomic mass is 35.5. The van der Waals surface area contributed by atoms with E-state index in [2.05, 4.69) is 10.3 Å². The molecule has 0 bridgehead atoms. The van der Waals surface area contributed by atoms with Gasteiger partial charge in [0.2, 0.25) is 0 Å². The van der Waals surface area contributed by atoms with Crippen molar-refractivity contribution in [3.63, 3.8) is 0 Å². The van der Waals surface area contributed by atoms with E-state index >= 15 is 0 Å². The topological polar surface area (TPSA) is 24.9 Å². The molecule has 1 N–H and O–H groups in total. The number of hydrogen-bond acceptors (Lipinski definition) is 2. The predicted molar refractivity (Wildman–Crippen MR) is 72.4 cm³/mol. The molecule has 2 aromatic rings. The fourth-order valence-electron chi connectivity index (χ4n) is 1.76. The Labute approximate surface area is 111 Å². The highest BCUT2D eigenvalue weighted by Gasteiger charge is 2.07. The fourth-order valence-corrected chi connectivity index (χ4v) is 2.02. The maximum atomic E-state index is 12.8. The first-order valence-corrected chi connectivity index (χ1v) is 6.08. The Hall–Kier alpha value is -1.61. The number of nitrogens with zero attached hydrogens (tertiary/aromatic N) is 1. The minimum atomic E-state index is -0.234. The molecule has 0 saturated carbocycles. The minimum absolute atomic E-state index is 0.0379. The minimum Gasteiger partial charge on any atom is -0.363 e. The molecule has 94 valence electrons. The van der Waals surface area contributed by atoms with Crippen LogP contribution in [-0.2, 0) is 0 Å². The van der Waals surface area contributed by atoms with Gasteiger partial charge in [-0.05, 0) is 49.2 Å². The van der Waals surface area contributed by atoms with Crippen molar-refractivity contribution in [2.75, 3.05) is 5.32 Å². The van der Waals surface area contributed by atoms with Crippen LogP contribution in [0.3, 0.4) is 0 Å². The summed E-state index contributed by atoms with van der Waals surface area (Å²) in [7, 11) is 0. The average Bonchev–Trinajstić information content (AvgIpc) is 2.28. The third-order valence-corrected chi connectivity index (χ3v) is 2.87. The highest BCUT2D eigenvalue weighted by Crippen LogP contribution is 2.20. The van der Waals surface area contributed by atoms with E-state index in [0.717, 1.165) is 16.9 Å². The van der Waals surface area contributed by atoms with Crippen molar-refractivity contribution < 1.29 is 4.39 Å². The SMILES string of the molecule is Cc1cc(Cl)nc(NC(C)c2ccc(F)cc2)c1. The van der Waals surface area contributed by atoms with Gasteiger partial charge in [0.1, 0.15) is 16.8 Å². The Morgan fingerprint density at radius 1 is 1.22 bits per heavy atom. The number of aryl methyl sites for hydroxylation is 1. The van der Waals surface area contributed by atoms with Gasteiger partial charge in [-0.3, -0.25) is 0 Å². The molecule has 1 atom stereocenters. The lowest BCUT2D eigenvalue weighted by molar-refractivity contribution is 0.626. The molecule has 1 unspecified atom stereocenters. The van der Waals surface area contributed by atoms with Crippen LogP contribution in [0.1, 0.15) is 24.1 Å². The Morgan fingerprint density at radius 2 is 1.89 bits per heavy atom. The van der Waals surface area contributed by atoms with Gasteiger partial charge in [0.25, 0.3) is 0 Å². The Kier molecular flexibility index (Phi) is 3.82. The van der Waals surface area contributed by atoms with Gasteiger partial charge >= 0.3 is 0 Å². The van der Waals surface area contributed by atoms with Crippen molar-refractivity contribution in [3.05, 3.63) is 58.5 Å². The van der Waals surface area contributed by atoms with E-state index in [1.807, 2.05) is 19.9 Å². The number of hydrogen-bond donors (Lipinski definition) is 1. The van der Waals surface area contributed by atoms with Crippen LogP contribution in [0.25, 0.3) is 0 Å². The van der Waals surface area contributed by atoms with Gasteiger partial charge in [-0.2, -0.15) is 0 Å². The van der Waals surface area contributed by atoms with E-state index < -0.39 is 0 Å². The summed E-state index contributed by atoms with van der Waals surface area (Å²) >= 11 is 5.90. The number of benzene rings is 1. The first-order chi connectivity index (χ1) is 8.54. The molecule has 1 aromatic carbocycles. The molecule has 1 heterocycles. The van der Waals surface area contributed by atoms with Crippen molar-refractivity contribution in [2.45, 2.75) is 19.9 Å². The van der Waals surface area contributed by atoms with Crippen molar-refractivity contribution in [1.29, 1.82) is 0 Å². The zero-order valence-electron chi connectivity index (χ0n) is 10.2. The predicted octanol–water partition coefficient (Wildman–Crippen LogP) is 4.36. The van der Waals surface area contributed by atoms with Crippen LogP contribution in [-0.4, -0.2) is 4.98 Å². The van der Waals surface area contributed by atoms with Gasteiger partial charge < -0.3 is 5.32 Å². The maximum absolute atomic E-state index is 12.8. The van der Waals surface area contributed by atoms with Gasteiger partial charge in [-0.25, -0.2) is 9.37 Å². The number of halogens is 2. The zero-order chi connectivity index (χ0) is 13.1. The second kappa shape index (κ2) is 5.36. The van der Waals surface area contributed by atoms with Gasteiger partial charge in [0, 0.05) is 6.04 Å². The molecule has 0 aliphatic rings. The summed E-state index contributed by atoms with van der Waals surface area (Å²) < 4.78 is 12.8. The Balaban J connectivity index is 2.15. The highest BCUT2D eigenvalue weighted by molar-refractivity contribution is 6.29. The molecule has 0 saturated heterocycles. The molecule has 4 heteroatoms. The van der Waals surface area contributed by atoms with E-state index in [9.17, 15) is 4.39 Å². The first kappa shape index (κ1) is 12.8. The molecule has 0 amide bonds. The van der Waals surface area contributed by atoms with Crippen molar-refractivity contribution >= 4 is 17.4 Å². The first-order valence-electron chi connectivity index (χ1n) is 5.71. The number of nitrogens with one attached hydrogen (secondary N) is 1. The van der Waals surface area contributed by atoms with E-state index in [1.165, 1.54) is 12.1 Å². The molecular formula is C14H14ClFN2. The smallest absolute Gasteiger partial charge is 0.131 e. The zero-order valence-corrected chi connectivity index (χ0v) is 11.0. The third-order valence-electron chi connectivity index (χ3n) is 2.67. The third kappa shape index (κ3) is 3.20. The molecule has 2 rings (SSSR count). The Morgan fingerprint density at radius 3 is 2.50 bits per heavy atom. The second-order valence-corrected chi connectivity index (χ2v) is 4.66. The molecule has 1 aromatic heterocycles. The number of anilines is 1. The van der Waals surface area contributed by atoms with Gasteiger partial charge in [-0.1, -0.05) is 23.7 Å². The summed E-state index contributed by atoms with van der Waals surface area (Å²) in [5.74, 6) is 0.486. The van der Waals surface area contributed by atoms with E-state index in [-0.39, 0.29) is 11.9 Å². The number of rotatable bonds is 3. The summed E-state index contributed by atoms with van der Waals surface area (Å²) in [6.45, 7) is 3.95. The lowest BCUT2D eigenvalue weighted by Crippen LogP contribution is -2.08. The van der Waals surface area contributed by atoms with Crippen molar-refractivity contribution in [2.24, 2.45) is 0 Å². The van der Waals surface area contributed by atoms with Gasteiger partial charge in [0.15, 0.2) is 0 Å². The van der Waals surface area contributed by atoms with Crippen molar-refractivity contribution in [1.82, 2.24) is 4.98 Å². The van der Waals surface area contributed by atoms with E-state index in [0.29, 0.717) is 5.15 Å². The Bertz CT molecular complexity index is 520. The van der Waals surface area contributed by atoms with Crippen LogP contribution in [0.4, 0.5) is 10.2 Å². The van der Waals surface area contributed by atoms with Crippen LogP contribution in [0.2, 0.25) is 5.15 Å². The van der Waals surface area contributed by atoms with E-state index in [1.54, 1.807) is 18.2 Å². The summed E-state index contributed by atoms with van der Waals surface area (Å²) in [4.78, 5) is 4.20. The van der Waals surface area contributed by atoms with Crippen LogP contribution < -0.4 is 5.32 Å². The van der Waals surface area contributed by atoms with Crippen LogP contribution in [0.5, 0.6) is 0 Å². The summed E-state index contributed by atoms with van der Waals surface area (Å²) in [6, 6.07) is 10.2. The molecule has 0 fully saturated rings. The molecule has 0 spiro atoms. The van der Waals surface area contributed by atoms with Gasteiger partial charge in [0.05, 0.1) is 0 Å². The fraction of sp³-hybridized carbons (Fsp3) is 0.214. The summed E-state index contributed by atoms with van der Waals surface area (Å²) in [5, 5.41) is 3.70. The molecule has 18 heavy (non-hydrogen) atoms. The number of pyridine rings is 1. The lowest BCUT2D eigenvalue weighted by atomic mass is 10.1. The largest absolute Gasteiger partial charge is 0.363 e. The maximum Gasteiger partial charge on any atom is 0.131 e. The average molecular weight is 265 g/mol. The summed E-state index contributed by atoms with van der Waals surface area (Å²) in [5.41, 5.74) is 2.04. The van der Waals surface area contributed by atoms with E-state index in [4.69, 9.17) is 11.6 Å². The molecule has 2 nitrogen and oxygen atoms in total. The van der Waals surface area contributed by atoms with Crippen molar-refractivity contribution in [3.8, 4) is 0 Å². The molecule has 0 radical (unpaired) electrons. The van der Waals surface area contributed by atoms with Gasteiger partial charge in [-0.15, -0.1) is 0 Å². The molecule has 0 aliphatic heterocycles. The van der Waals surface area contributed by atoms with Crippen LogP contribution in [0.15, 0.2) is 36.4 Å². The molecule has 0 aliphatic carbocycles. The second-order valence-electron chi connectivity index (χ2n) is 4.27. The normalized spacial score (nSPS) is 12.2. The van der Waals surface area contributed by atoms with Crippen LogP contribution >= 0.6 is 11.6 Å². The standard InChI is InChI=1S/C14H14ClFN2/c1-9-7-13(15)18-14(8-9)17-10(2)11-3-5-12(16)6-4-11/h3-8,10H,1-2H3,(H,17,18). The summed E-state index contributed by atoms with van der Waals surface area (Å²) in [6.07, 6.45) is 0. The van der Waals surface area contributed by atoms with Crippen LogP contribution in [0, 0.1) is 12.7 Å². The number of aromatic nitrogens is 1. The molecular weight excluding hydrogens is 251 g/mol. The monoisotopic (exact) mass is 264 g/mol. The quantitative estimate of drug-likeness (QED) is 0.834. The lowest BCUT2D eigenvalue weighted by Gasteiger charge is -2.15.